The molecule has 0 unspecified atom stereocenters. The number of carbonyl (C=O) groups is 3. The van der Waals surface area contributed by atoms with Gasteiger partial charge in [0.15, 0.2) is 0 Å². The number of methoxy groups -OCH3 is 1. The topological polar surface area (TPSA) is 121 Å². The number of hydrogen-bond acceptors (Lipinski definition) is 5. The van der Waals surface area contributed by atoms with Gasteiger partial charge in [-0.1, -0.05) is 30.3 Å². The number of benzene rings is 2. The summed E-state index contributed by atoms with van der Waals surface area (Å²) in [5.74, 6) is -0.729. The third kappa shape index (κ3) is 4.98. The molecule has 2 aromatic carbocycles. The minimum Gasteiger partial charge on any atom is -0.497 e. The van der Waals surface area contributed by atoms with E-state index in [1.807, 2.05) is 30.3 Å². The fraction of sp³-hybridized carbons (Fsp3) is 0.320. The van der Waals surface area contributed by atoms with Gasteiger partial charge < -0.3 is 24.9 Å². The highest BCUT2D eigenvalue weighted by Gasteiger charge is 2.35. The van der Waals surface area contributed by atoms with Gasteiger partial charge in [0, 0.05) is 24.0 Å². The van der Waals surface area contributed by atoms with Gasteiger partial charge in [0.25, 0.3) is 0 Å². The number of amides is 2. The van der Waals surface area contributed by atoms with Gasteiger partial charge >= 0.3 is 12.1 Å². The highest BCUT2D eigenvalue weighted by Crippen LogP contribution is 2.27. The molecule has 1 fully saturated rings. The van der Waals surface area contributed by atoms with E-state index in [1.54, 1.807) is 25.3 Å². The quantitative estimate of drug-likeness (QED) is 0.469. The van der Waals surface area contributed by atoms with Gasteiger partial charge in [-0.3, -0.25) is 9.69 Å². The number of rotatable bonds is 8. The van der Waals surface area contributed by atoms with E-state index in [9.17, 15) is 19.5 Å². The van der Waals surface area contributed by atoms with E-state index < -0.39 is 18.1 Å². The third-order valence-corrected chi connectivity index (χ3v) is 6.00. The number of H-pyrrole nitrogens is 1. The summed E-state index contributed by atoms with van der Waals surface area (Å²) in [6.45, 7) is 0.830. The van der Waals surface area contributed by atoms with Crippen LogP contribution in [0.5, 0.6) is 5.75 Å². The molecule has 0 radical (unpaired) electrons. The maximum absolute atomic E-state index is 12.8. The number of likely N-dealkylation sites (tertiary alicyclic amines) is 1. The second-order valence-electron chi connectivity index (χ2n) is 8.13. The third-order valence-electron chi connectivity index (χ3n) is 6.00. The molecule has 0 spiro atoms. The largest absolute Gasteiger partial charge is 0.497 e. The van der Waals surface area contributed by atoms with E-state index in [0.29, 0.717) is 42.6 Å². The average molecular weight is 466 g/mol. The van der Waals surface area contributed by atoms with E-state index in [2.05, 4.69) is 10.3 Å². The second kappa shape index (κ2) is 10.3. The number of hydrogen-bond donors (Lipinski definition) is 3. The number of nitrogens with one attached hydrogen (secondary N) is 2. The van der Waals surface area contributed by atoms with Crippen molar-refractivity contribution in [2.45, 2.75) is 31.9 Å². The predicted octanol–water partition coefficient (Wildman–Crippen LogP) is 3.33. The first-order valence-corrected chi connectivity index (χ1v) is 11.1. The number of aromatic amines is 1. The van der Waals surface area contributed by atoms with E-state index in [1.165, 1.54) is 4.90 Å². The Morgan fingerprint density at radius 3 is 2.71 bits per heavy atom. The summed E-state index contributed by atoms with van der Waals surface area (Å²) < 4.78 is 10.7. The number of aromatic carboxylic acids is 1. The molecule has 0 aliphatic carbocycles. The molecule has 1 aliphatic heterocycles. The molecular formula is C25H27N3O6. The highest BCUT2D eigenvalue weighted by atomic mass is 16.6. The standard InChI is InChI=1S/C25H27N3O6/c1-33-17-9-10-20-19(14-17)18(22(27-20)24(30)31)11-12-26-23(29)21-8-5-13-28(21)25(32)34-15-16-6-3-2-4-7-16/h2-4,6-7,9-10,14,21,27H,5,8,11-13,15H2,1H3,(H,26,29)(H,30,31)/t21-/m0/s1. The summed E-state index contributed by atoms with van der Waals surface area (Å²) >= 11 is 0. The van der Waals surface area contributed by atoms with Crippen molar-refractivity contribution in [3.8, 4) is 5.75 Å². The summed E-state index contributed by atoms with van der Waals surface area (Å²) in [4.78, 5) is 41.5. The molecule has 2 amide bonds. The lowest BCUT2D eigenvalue weighted by molar-refractivity contribution is -0.125. The van der Waals surface area contributed by atoms with Gasteiger partial charge in [-0.2, -0.15) is 0 Å². The molecule has 34 heavy (non-hydrogen) atoms. The molecule has 3 aromatic rings. The Morgan fingerprint density at radius 1 is 1.18 bits per heavy atom. The molecule has 1 saturated heterocycles. The van der Waals surface area contributed by atoms with Gasteiger partial charge in [-0.25, -0.2) is 9.59 Å². The zero-order valence-electron chi connectivity index (χ0n) is 18.9. The monoisotopic (exact) mass is 465 g/mol. The summed E-state index contributed by atoms with van der Waals surface area (Å²) in [7, 11) is 1.55. The lowest BCUT2D eigenvalue weighted by Gasteiger charge is -2.23. The van der Waals surface area contributed by atoms with E-state index in [4.69, 9.17) is 9.47 Å². The van der Waals surface area contributed by atoms with Crippen LogP contribution in [0, 0.1) is 0 Å². The van der Waals surface area contributed by atoms with Crippen molar-refractivity contribution in [2.24, 2.45) is 0 Å². The smallest absolute Gasteiger partial charge is 0.410 e. The fourth-order valence-corrected chi connectivity index (χ4v) is 4.28. The molecule has 1 atom stereocenters. The Labute approximate surface area is 196 Å². The normalized spacial score (nSPS) is 15.3. The van der Waals surface area contributed by atoms with Gasteiger partial charge in [0.05, 0.1) is 7.11 Å². The number of carboxylic acids is 1. The van der Waals surface area contributed by atoms with Crippen LogP contribution in [0.25, 0.3) is 10.9 Å². The summed E-state index contributed by atoms with van der Waals surface area (Å²) in [5, 5.41) is 13.2. The Bertz CT molecular complexity index is 1190. The summed E-state index contributed by atoms with van der Waals surface area (Å²) in [6.07, 6.45) is 1.06. The lowest BCUT2D eigenvalue weighted by Crippen LogP contribution is -2.46. The highest BCUT2D eigenvalue weighted by molar-refractivity contribution is 5.98. The number of nitrogens with zero attached hydrogens (tertiary/aromatic N) is 1. The molecule has 1 aliphatic rings. The minimum atomic E-state index is -1.07. The van der Waals surface area contributed by atoms with E-state index >= 15 is 0 Å². The molecule has 9 nitrogen and oxygen atoms in total. The van der Waals surface area contributed by atoms with Crippen molar-refractivity contribution in [1.29, 1.82) is 0 Å². The van der Waals surface area contributed by atoms with E-state index in [-0.39, 0.29) is 24.8 Å². The minimum absolute atomic E-state index is 0.0875. The van der Waals surface area contributed by atoms with Crippen molar-refractivity contribution in [3.05, 3.63) is 65.4 Å². The molecule has 9 heteroatoms. The van der Waals surface area contributed by atoms with Crippen molar-refractivity contribution in [2.75, 3.05) is 20.2 Å². The van der Waals surface area contributed by atoms with Crippen LogP contribution in [-0.4, -0.2) is 59.2 Å². The SMILES string of the molecule is COc1ccc2[nH]c(C(=O)O)c(CCNC(=O)[C@@H]3CCCN3C(=O)OCc3ccccc3)c2c1. The predicted molar refractivity (Wildman–Crippen MR) is 125 cm³/mol. The summed E-state index contributed by atoms with van der Waals surface area (Å²) in [5.41, 5.74) is 2.24. The number of fused-ring (bicyclic) bond motifs is 1. The first-order chi connectivity index (χ1) is 16.5. The zero-order chi connectivity index (χ0) is 24.1. The molecule has 1 aromatic heterocycles. The molecule has 4 rings (SSSR count). The van der Waals surface area contributed by atoms with Crippen LogP contribution in [0.1, 0.15) is 34.5 Å². The number of ether oxygens (including phenoxy) is 2. The number of aromatic nitrogens is 1. The van der Waals surface area contributed by atoms with Crippen LogP contribution in [0.2, 0.25) is 0 Å². The van der Waals surface area contributed by atoms with Crippen molar-refractivity contribution >= 4 is 28.9 Å². The maximum atomic E-state index is 12.8. The Hall–Kier alpha value is -4.01. The average Bonchev–Trinajstić information content (AvgIpc) is 3.48. The number of carboxylic acid groups (broad SMARTS) is 1. The van der Waals surface area contributed by atoms with Crippen molar-refractivity contribution in [3.63, 3.8) is 0 Å². The van der Waals surface area contributed by atoms with Gasteiger partial charge in [0.2, 0.25) is 5.91 Å². The van der Waals surface area contributed by atoms with E-state index in [0.717, 1.165) is 10.9 Å². The van der Waals surface area contributed by atoms with Gasteiger partial charge in [-0.05, 0) is 48.6 Å². The molecule has 0 bridgehead atoms. The Balaban J connectivity index is 1.38. The number of carbonyl (C=O) groups excluding carboxylic acids is 2. The zero-order valence-corrected chi connectivity index (χ0v) is 18.9. The van der Waals surface area contributed by atoms with Crippen LogP contribution >= 0.6 is 0 Å². The molecule has 178 valence electrons. The Morgan fingerprint density at radius 2 is 1.97 bits per heavy atom. The van der Waals surface area contributed by atoms with Gasteiger partial charge in [0.1, 0.15) is 24.1 Å². The fourth-order valence-electron chi connectivity index (χ4n) is 4.28. The van der Waals surface area contributed by atoms with Crippen LogP contribution < -0.4 is 10.1 Å². The Kier molecular flexibility index (Phi) is 7.01. The van der Waals surface area contributed by atoms with Crippen LogP contribution in [0.4, 0.5) is 4.79 Å². The lowest BCUT2D eigenvalue weighted by atomic mass is 10.1. The van der Waals surface area contributed by atoms with Crippen molar-refractivity contribution < 1.29 is 29.0 Å². The first-order valence-electron chi connectivity index (χ1n) is 11.1. The summed E-state index contributed by atoms with van der Waals surface area (Å²) in [6, 6.07) is 14.0. The molecule has 0 saturated carbocycles. The maximum Gasteiger partial charge on any atom is 0.410 e. The first kappa shape index (κ1) is 23.2. The molecule has 3 N–H and O–H groups in total. The van der Waals surface area contributed by atoms with Crippen LogP contribution in [0.15, 0.2) is 48.5 Å². The molecular weight excluding hydrogens is 438 g/mol. The van der Waals surface area contributed by atoms with Crippen molar-refractivity contribution in [1.82, 2.24) is 15.2 Å². The second-order valence-corrected chi connectivity index (χ2v) is 8.13. The molecule has 2 heterocycles. The van der Waals surface area contributed by atoms with Crippen LogP contribution in [-0.2, 0) is 22.6 Å². The van der Waals surface area contributed by atoms with Crippen LogP contribution in [0.3, 0.4) is 0 Å². The van der Waals surface area contributed by atoms with Gasteiger partial charge in [-0.15, -0.1) is 0 Å².